The highest BCUT2D eigenvalue weighted by Gasteiger charge is 2.23. The summed E-state index contributed by atoms with van der Waals surface area (Å²) in [5.74, 6) is -1.97. The Balaban J connectivity index is 1.78. The Morgan fingerprint density at radius 3 is 2.36 bits per heavy atom. The molecule has 2 N–H and O–H groups in total. The number of hydrogen-bond donors (Lipinski definition) is 2. The molecular weight excluding hydrogens is 460 g/mol. The number of anilines is 2. The summed E-state index contributed by atoms with van der Waals surface area (Å²) >= 11 is 7.30. The van der Waals surface area contributed by atoms with Crippen molar-refractivity contribution in [3.05, 3.63) is 81.7 Å². The van der Waals surface area contributed by atoms with E-state index in [0.717, 1.165) is 17.0 Å². The second-order valence-corrected chi connectivity index (χ2v) is 9.22. The van der Waals surface area contributed by atoms with Gasteiger partial charge in [0, 0.05) is 27.7 Å². The molecule has 0 saturated heterocycles. The molecule has 3 rings (SSSR count). The van der Waals surface area contributed by atoms with Gasteiger partial charge < -0.3 is 15.3 Å². The van der Waals surface area contributed by atoms with Crippen molar-refractivity contribution in [3.63, 3.8) is 0 Å². The Hall–Kier alpha value is -3.16. The molecule has 2 aromatic carbocycles. The number of hydrogen-bond acceptors (Lipinski definition) is 5. The van der Waals surface area contributed by atoms with Gasteiger partial charge in [0.25, 0.3) is 0 Å². The van der Waals surface area contributed by atoms with Crippen molar-refractivity contribution < 1.29 is 19.5 Å². The van der Waals surface area contributed by atoms with Gasteiger partial charge in [0.15, 0.2) is 5.78 Å². The average Bonchev–Trinajstić information content (AvgIpc) is 3.21. The number of thiophene rings is 1. The topological polar surface area (TPSA) is 86.7 Å². The Morgan fingerprint density at radius 2 is 1.76 bits per heavy atom. The number of carbonyl (C=O) groups excluding carboxylic acids is 2. The molecule has 1 aromatic heterocycles. The van der Waals surface area contributed by atoms with Gasteiger partial charge in [-0.15, -0.1) is 11.3 Å². The number of nitrogens with zero attached hydrogens (tertiary/aromatic N) is 1. The lowest BCUT2D eigenvalue weighted by Gasteiger charge is -2.26. The number of nitrogens with one attached hydrogen (secondary N) is 1. The second kappa shape index (κ2) is 11.1. The zero-order valence-corrected chi connectivity index (χ0v) is 19.9. The number of aliphatic carboxylic acids is 1. The monoisotopic (exact) mass is 484 g/mol. The van der Waals surface area contributed by atoms with Crippen molar-refractivity contribution in [2.45, 2.75) is 20.3 Å². The molecule has 1 unspecified atom stereocenters. The van der Waals surface area contributed by atoms with Gasteiger partial charge in [-0.3, -0.25) is 14.4 Å². The third kappa shape index (κ3) is 6.43. The largest absolute Gasteiger partial charge is 0.480 e. The van der Waals surface area contributed by atoms with E-state index in [2.05, 4.69) is 5.32 Å². The summed E-state index contributed by atoms with van der Waals surface area (Å²) in [6, 6.07) is 17.5. The lowest BCUT2D eigenvalue weighted by Crippen LogP contribution is -2.37. The van der Waals surface area contributed by atoms with E-state index in [1.54, 1.807) is 36.1 Å². The molecule has 0 aliphatic carbocycles. The highest BCUT2D eigenvalue weighted by Crippen LogP contribution is 2.31. The molecule has 0 fully saturated rings. The Morgan fingerprint density at radius 1 is 1.09 bits per heavy atom. The maximum Gasteiger partial charge on any atom is 0.323 e. The van der Waals surface area contributed by atoms with E-state index in [0.29, 0.717) is 21.2 Å². The standard InChI is InChI=1S/C25H25ClN2O4S/c1-3-20-13-21(23(31)17-9-11-18(26)12-10-17)25(33-20)27-24(32)16(2)14-28(15-22(29)30)19-7-5-4-6-8-19/h4-13,16H,3,14-15H2,1-2H3,(H,27,32)(H,29,30). The van der Waals surface area contributed by atoms with Crippen molar-refractivity contribution in [2.24, 2.45) is 5.92 Å². The Kier molecular flexibility index (Phi) is 8.25. The SMILES string of the molecule is CCc1cc(C(=O)c2ccc(Cl)cc2)c(NC(=O)C(C)CN(CC(=O)O)c2ccccc2)s1. The van der Waals surface area contributed by atoms with Gasteiger partial charge in [0.1, 0.15) is 11.5 Å². The number of benzene rings is 2. The molecule has 1 heterocycles. The quantitative estimate of drug-likeness (QED) is 0.378. The zero-order valence-electron chi connectivity index (χ0n) is 18.4. The van der Waals surface area contributed by atoms with Gasteiger partial charge in [-0.1, -0.05) is 43.6 Å². The van der Waals surface area contributed by atoms with Crippen LogP contribution in [0.1, 0.15) is 34.6 Å². The van der Waals surface area contributed by atoms with E-state index >= 15 is 0 Å². The molecular formula is C25H25ClN2O4S. The summed E-state index contributed by atoms with van der Waals surface area (Å²) in [6.07, 6.45) is 0.734. The third-order valence-electron chi connectivity index (χ3n) is 5.11. The molecule has 1 amide bonds. The first kappa shape index (κ1) is 24.5. The molecule has 33 heavy (non-hydrogen) atoms. The highest BCUT2D eigenvalue weighted by molar-refractivity contribution is 7.16. The van der Waals surface area contributed by atoms with Crippen LogP contribution in [0.15, 0.2) is 60.7 Å². The summed E-state index contributed by atoms with van der Waals surface area (Å²) in [4.78, 5) is 40.1. The van der Waals surface area contributed by atoms with Crippen LogP contribution in [0.5, 0.6) is 0 Å². The number of aryl methyl sites for hydroxylation is 1. The van der Waals surface area contributed by atoms with Crippen molar-refractivity contribution in [2.75, 3.05) is 23.3 Å². The van der Waals surface area contributed by atoms with Gasteiger partial charge >= 0.3 is 5.97 Å². The van der Waals surface area contributed by atoms with Crippen LogP contribution in [0.2, 0.25) is 5.02 Å². The predicted octanol–water partition coefficient (Wildman–Crippen LogP) is 5.36. The van der Waals surface area contributed by atoms with Crippen LogP contribution in [0, 0.1) is 5.92 Å². The molecule has 0 aliphatic rings. The van der Waals surface area contributed by atoms with Gasteiger partial charge in [-0.2, -0.15) is 0 Å². The van der Waals surface area contributed by atoms with E-state index in [9.17, 15) is 19.5 Å². The van der Waals surface area contributed by atoms with E-state index in [4.69, 9.17) is 11.6 Å². The summed E-state index contributed by atoms with van der Waals surface area (Å²) < 4.78 is 0. The predicted molar refractivity (Wildman–Crippen MR) is 133 cm³/mol. The lowest BCUT2D eigenvalue weighted by molar-refractivity contribution is -0.135. The number of ketones is 1. The van der Waals surface area contributed by atoms with Gasteiger partial charge in [-0.25, -0.2) is 0 Å². The minimum absolute atomic E-state index is 0.192. The molecule has 0 aliphatic heterocycles. The first-order chi connectivity index (χ1) is 15.8. The summed E-state index contributed by atoms with van der Waals surface area (Å²) in [5.41, 5.74) is 1.65. The molecule has 3 aromatic rings. The van der Waals surface area contributed by atoms with Crippen LogP contribution in [-0.2, 0) is 16.0 Å². The van der Waals surface area contributed by atoms with Crippen LogP contribution in [-0.4, -0.2) is 35.9 Å². The minimum atomic E-state index is -0.979. The lowest BCUT2D eigenvalue weighted by atomic mass is 10.0. The normalized spacial score (nSPS) is 11.6. The number of carboxylic acid groups (broad SMARTS) is 1. The highest BCUT2D eigenvalue weighted by atomic mass is 35.5. The fraction of sp³-hybridized carbons (Fsp3) is 0.240. The van der Waals surface area contributed by atoms with Crippen LogP contribution < -0.4 is 10.2 Å². The Labute approximate surface area is 201 Å². The summed E-state index contributed by atoms with van der Waals surface area (Å²) in [6.45, 7) is 3.72. The van der Waals surface area contributed by atoms with Gasteiger partial charge in [0.05, 0.1) is 11.5 Å². The van der Waals surface area contributed by atoms with Gasteiger partial charge in [-0.05, 0) is 48.9 Å². The third-order valence-corrected chi connectivity index (χ3v) is 6.56. The van der Waals surface area contributed by atoms with Crippen molar-refractivity contribution in [1.29, 1.82) is 0 Å². The average molecular weight is 485 g/mol. The number of carboxylic acids is 1. The first-order valence-corrected chi connectivity index (χ1v) is 11.7. The Bertz CT molecular complexity index is 1130. The van der Waals surface area contributed by atoms with Gasteiger partial charge in [0.2, 0.25) is 5.91 Å². The molecule has 172 valence electrons. The smallest absolute Gasteiger partial charge is 0.323 e. The molecule has 0 bridgehead atoms. The number of carbonyl (C=O) groups is 3. The minimum Gasteiger partial charge on any atom is -0.480 e. The van der Waals surface area contributed by atoms with E-state index in [1.807, 2.05) is 43.3 Å². The number of rotatable bonds is 10. The molecule has 0 saturated carbocycles. The van der Waals surface area contributed by atoms with Crippen molar-refractivity contribution in [1.82, 2.24) is 0 Å². The summed E-state index contributed by atoms with van der Waals surface area (Å²) in [5, 5.41) is 13.2. The molecule has 0 radical (unpaired) electrons. The first-order valence-electron chi connectivity index (χ1n) is 10.5. The molecule has 0 spiro atoms. The van der Waals surface area contributed by atoms with E-state index < -0.39 is 11.9 Å². The fourth-order valence-electron chi connectivity index (χ4n) is 3.35. The maximum atomic E-state index is 13.1. The molecule has 8 heteroatoms. The fourth-order valence-corrected chi connectivity index (χ4v) is 4.47. The van der Waals surface area contributed by atoms with Crippen LogP contribution in [0.25, 0.3) is 0 Å². The molecule has 1 atom stereocenters. The second-order valence-electron chi connectivity index (χ2n) is 7.65. The number of amides is 1. The van der Waals surface area contributed by atoms with E-state index in [1.165, 1.54) is 11.3 Å². The van der Waals surface area contributed by atoms with Crippen molar-refractivity contribution in [3.8, 4) is 0 Å². The van der Waals surface area contributed by atoms with Crippen LogP contribution >= 0.6 is 22.9 Å². The van der Waals surface area contributed by atoms with Crippen molar-refractivity contribution >= 4 is 51.3 Å². The summed E-state index contributed by atoms with van der Waals surface area (Å²) in [7, 11) is 0. The van der Waals surface area contributed by atoms with Crippen LogP contribution in [0.4, 0.5) is 10.7 Å². The van der Waals surface area contributed by atoms with E-state index in [-0.39, 0.29) is 24.8 Å². The zero-order chi connectivity index (χ0) is 24.0. The maximum absolute atomic E-state index is 13.1. The number of para-hydroxylation sites is 1. The number of halogens is 1. The van der Waals surface area contributed by atoms with Crippen LogP contribution in [0.3, 0.4) is 0 Å². The molecule has 6 nitrogen and oxygen atoms in total.